The number of methoxy groups -OCH3 is 1. The van der Waals surface area contributed by atoms with E-state index in [9.17, 15) is 4.79 Å². The molecule has 1 aromatic heterocycles. The summed E-state index contributed by atoms with van der Waals surface area (Å²) in [5.41, 5.74) is 9.44. The van der Waals surface area contributed by atoms with E-state index in [1.54, 1.807) is 18.2 Å². The van der Waals surface area contributed by atoms with Crippen LogP contribution >= 0.6 is 0 Å². The van der Waals surface area contributed by atoms with Gasteiger partial charge in [-0.3, -0.25) is 0 Å². The van der Waals surface area contributed by atoms with Gasteiger partial charge in [0.15, 0.2) is 0 Å². The Morgan fingerprint density at radius 1 is 1.27 bits per heavy atom. The summed E-state index contributed by atoms with van der Waals surface area (Å²) < 4.78 is 4.72. The third kappa shape index (κ3) is 2.84. The monoisotopic (exact) mass is 295 g/mol. The largest absolute Gasteiger partial charge is 0.465 e. The number of nitrogens with zero attached hydrogens (tertiary/aromatic N) is 1. The Morgan fingerprint density at radius 2 is 2.05 bits per heavy atom. The second-order valence-corrected chi connectivity index (χ2v) is 5.14. The molecule has 1 atom stereocenters. The predicted molar refractivity (Wildman–Crippen MR) is 84.5 cm³/mol. The Hall–Kier alpha value is -2.66. The van der Waals surface area contributed by atoms with Crippen molar-refractivity contribution in [1.29, 1.82) is 0 Å². The first-order valence-corrected chi connectivity index (χ1v) is 7.05. The molecule has 22 heavy (non-hydrogen) atoms. The number of carbonyl (C=O) groups is 1. The van der Waals surface area contributed by atoms with Gasteiger partial charge in [-0.05, 0) is 30.2 Å². The van der Waals surface area contributed by atoms with E-state index in [-0.39, 0.29) is 12.0 Å². The van der Waals surface area contributed by atoms with E-state index >= 15 is 0 Å². The molecule has 112 valence electrons. The lowest BCUT2D eigenvalue weighted by Gasteiger charge is -2.08. The van der Waals surface area contributed by atoms with Gasteiger partial charge in [0.25, 0.3) is 0 Å². The number of rotatable bonds is 4. The number of carbonyl (C=O) groups excluding carboxylic acids is 1. The molecule has 0 aliphatic rings. The first-order chi connectivity index (χ1) is 10.7. The van der Waals surface area contributed by atoms with Crippen molar-refractivity contribution in [2.75, 3.05) is 7.11 Å². The molecule has 3 rings (SSSR count). The molecule has 2 aromatic carbocycles. The number of benzene rings is 2. The molecular weight excluding hydrogens is 278 g/mol. The van der Waals surface area contributed by atoms with Gasteiger partial charge in [-0.2, -0.15) is 0 Å². The Bertz CT molecular complexity index is 796. The predicted octanol–water partition coefficient (Wildman–Crippen LogP) is 2.59. The maximum absolute atomic E-state index is 11.6. The Morgan fingerprint density at radius 3 is 2.77 bits per heavy atom. The fraction of sp³-hybridized carbons (Fsp3) is 0.176. The van der Waals surface area contributed by atoms with E-state index in [2.05, 4.69) is 9.97 Å². The van der Waals surface area contributed by atoms with Crippen LogP contribution in [0.5, 0.6) is 0 Å². The van der Waals surface area contributed by atoms with Crippen molar-refractivity contribution in [2.45, 2.75) is 12.5 Å². The number of hydrogen-bond donors (Lipinski definition) is 2. The summed E-state index contributed by atoms with van der Waals surface area (Å²) in [7, 11) is 1.36. The topological polar surface area (TPSA) is 81.0 Å². The minimum absolute atomic E-state index is 0.226. The lowest BCUT2D eigenvalue weighted by atomic mass is 10.1. The molecule has 0 saturated carbocycles. The van der Waals surface area contributed by atoms with Crippen LogP contribution in [0.4, 0.5) is 0 Å². The number of fused-ring (bicyclic) bond motifs is 1. The standard InChI is InChI=1S/C17H17N3O2/c1-22-17(21)12-7-8-14-15(10-12)20-16(19-14)13(18)9-11-5-3-2-4-6-11/h2-8,10,13H,9,18H2,1H3,(H,19,20). The number of aromatic amines is 1. The van der Waals surface area contributed by atoms with Crippen LogP contribution in [0.3, 0.4) is 0 Å². The summed E-state index contributed by atoms with van der Waals surface area (Å²) >= 11 is 0. The molecule has 0 amide bonds. The molecule has 0 radical (unpaired) electrons. The van der Waals surface area contributed by atoms with Crippen LogP contribution in [0.1, 0.15) is 27.8 Å². The van der Waals surface area contributed by atoms with Crippen LogP contribution in [-0.4, -0.2) is 23.0 Å². The minimum atomic E-state index is -0.369. The van der Waals surface area contributed by atoms with Crippen molar-refractivity contribution in [1.82, 2.24) is 9.97 Å². The normalized spacial score (nSPS) is 12.3. The van der Waals surface area contributed by atoms with E-state index in [1.165, 1.54) is 7.11 Å². The Balaban J connectivity index is 1.86. The molecule has 0 bridgehead atoms. The smallest absolute Gasteiger partial charge is 0.337 e. The van der Waals surface area contributed by atoms with Crippen molar-refractivity contribution in [3.8, 4) is 0 Å². The number of esters is 1. The number of nitrogens with one attached hydrogen (secondary N) is 1. The zero-order valence-electron chi connectivity index (χ0n) is 12.2. The number of hydrogen-bond acceptors (Lipinski definition) is 4. The van der Waals surface area contributed by atoms with Gasteiger partial charge in [0.2, 0.25) is 0 Å². The summed E-state index contributed by atoms with van der Waals surface area (Å²) in [6.07, 6.45) is 0.699. The second kappa shape index (κ2) is 5.99. The molecule has 0 fully saturated rings. The quantitative estimate of drug-likeness (QED) is 0.725. The van der Waals surface area contributed by atoms with Crippen LogP contribution in [0, 0.1) is 0 Å². The van der Waals surface area contributed by atoms with Crippen LogP contribution in [0.15, 0.2) is 48.5 Å². The Labute approximate surface area is 128 Å². The van der Waals surface area contributed by atoms with E-state index in [0.717, 1.165) is 16.6 Å². The van der Waals surface area contributed by atoms with Gasteiger partial charge in [-0.25, -0.2) is 9.78 Å². The van der Waals surface area contributed by atoms with Crippen molar-refractivity contribution < 1.29 is 9.53 Å². The first kappa shape index (κ1) is 14.3. The number of imidazole rings is 1. The van der Waals surface area contributed by atoms with Gasteiger partial charge >= 0.3 is 5.97 Å². The molecule has 5 heteroatoms. The van der Waals surface area contributed by atoms with Crippen molar-refractivity contribution in [3.05, 3.63) is 65.5 Å². The fourth-order valence-electron chi connectivity index (χ4n) is 2.41. The Kier molecular flexibility index (Phi) is 3.89. The minimum Gasteiger partial charge on any atom is -0.465 e. The lowest BCUT2D eigenvalue weighted by molar-refractivity contribution is 0.0601. The van der Waals surface area contributed by atoms with E-state index in [0.29, 0.717) is 17.8 Å². The average Bonchev–Trinajstić information content (AvgIpc) is 2.98. The number of ether oxygens (including phenoxy) is 1. The van der Waals surface area contributed by atoms with Crippen molar-refractivity contribution in [2.24, 2.45) is 5.73 Å². The van der Waals surface area contributed by atoms with Crippen LogP contribution in [0.2, 0.25) is 0 Å². The van der Waals surface area contributed by atoms with Crippen molar-refractivity contribution in [3.63, 3.8) is 0 Å². The highest BCUT2D eigenvalue weighted by atomic mass is 16.5. The third-order valence-corrected chi connectivity index (χ3v) is 3.57. The highest BCUT2D eigenvalue weighted by molar-refractivity contribution is 5.93. The average molecular weight is 295 g/mol. The number of H-pyrrole nitrogens is 1. The summed E-state index contributed by atoms with van der Waals surface area (Å²) in [6.45, 7) is 0. The van der Waals surface area contributed by atoms with Gasteiger partial charge in [0, 0.05) is 0 Å². The summed E-state index contributed by atoms with van der Waals surface area (Å²) in [6, 6.07) is 15.0. The van der Waals surface area contributed by atoms with Crippen LogP contribution in [0.25, 0.3) is 11.0 Å². The number of nitrogens with two attached hydrogens (primary N) is 1. The molecule has 0 saturated heterocycles. The number of aromatic nitrogens is 2. The maximum Gasteiger partial charge on any atom is 0.337 e. The molecule has 5 nitrogen and oxygen atoms in total. The zero-order valence-corrected chi connectivity index (χ0v) is 12.2. The summed E-state index contributed by atoms with van der Waals surface area (Å²) in [5, 5.41) is 0. The molecule has 1 unspecified atom stereocenters. The SMILES string of the molecule is COC(=O)c1ccc2nc(C(N)Cc3ccccc3)[nH]c2c1. The second-order valence-electron chi connectivity index (χ2n) is 5.14. The maximum atomic E-state index is 11.6. The van der Waals surface area contributed by atoms with Gasteiger partial charge < -0.3 is 15.5 Å². The molecule has 3 aromatic rings. The molecular formula is C17H17N3O2. The zero-order chi connectivity index (χ0) is 15.5. The lowest BCUT2D eigenvalue weighted by Crippen LogP contribution is -2.14. The molecule has 3 N–H and O–H groups in total. The third-order valence-electron chi connectivity index (χ3n) is 3.57. The van der Waals surface area contributed by atoms with E-state index in [1.807, 2.05) is 30.3 Å². The highest BCUT2D eigenvalue weighted by Crippen LogP contribution is 2.19. The molecule has 0 aliphatic carbocycles. The van der Waals surface area contributed by atoms with Crippen molar-refractivity contribution >= 4 is 17.0 Å². The van der Waals surface area contributed by atoms with Crippen LogP contribution in [-0.2, 0) is 11.2 Å². The van der Waals surface area contributed by atoms with Gasteiger partial charge in [0.1, 0.15) is 5.82 Å². The highest BCUT2D eigenvalue weighted by Gasteiger charge is 2.13. The van der Waals surface area contributed by atoms with E-state index < -0.39 is 0 Å². The molecule has 1 heterocycles. The van der Waals surface area contributed by atoms with Gasteiger partial charge in [-0.1, -0.05) is 30.3 Å². The first-order valence-electron chi connectivity index (χ1n) is 7.05. The summed E-state index contributed by atoms with van der Waals surface area (Å²) in [5.74, 6) is 0.340. The summed E-state index contributed by atoms with van der Waals surface area (Å²) in [4.78, 5) is 19.3. The van der Waals surface area contributed by atoms with Crippen LogP contribution < -0.4 is 5.73 Å². The fourth-order valence-corrected chi connectivity index (χ4v) is 2.41. The van der Waals surface area contributed by atoms with Gasteiger partial charge in [-0.15, -0.1) is 0 Å². The van der Waals surface area contributed by atoms with Gasteiger partial charge in [0.05, 0.1) is 29.7 Å². The molecule has 0 spiro atoms. The van der Waals surface area contributed by atoms with E-state index in [4.69, 9.17) is 10.5 Å². The molecule has 0 aliphatic heterocycles.